The van der Waals surface area contributed by atoms with E-state index in [1.54, 1.807) is 25.1 Å². The molecule has 5 heteroatoms. The van der Waals surface area contributed by atoms with Gasteiger partial charge < -0.3 is 10.1 Å². The van der Waals surface area contributed by atoms with Crippen molar-refractivity contribution in [2.75, 3.05) is 11.9 Å². The largest absolute Gasteiger partial charge is 0.465 e. The van der Waals surface area contributed by atoms with Gasteiger partial charge >= 0.3 is 5.97 Å². The molecule has 0 fully saturated rings. The van der Waals surface area contributed by atoms with Crippen LogP contribution in [-0.4, -0.2) is 24.3 Å². The molecule has 2 rings (SSSR count). The zero-order chi connectivity index (χ0) is 13.8. The molecule has 0 saturated carbocycles. The third kappa shape index (κ3) is 2.63. The van der Waals surface area contributed by atoms with E-state index in [0.29, 0.717) is 23.4 Å². The fraction of sp³-hybridized carbons (Fsp3) is 0.214. The Morgan fingerprint density at radius 3 is 2.89 bits per heavy atom. The molecule has 1 N–H and O–H groups in total. The molecule has 0 radical (unpaired) electrons. The summed E-state index contributed by atoms with van der Waals surface area (Å²) in [5.41, 5.74) is 1.24. The Labute approximate surface area is 109 Å². The minimum absolute atomic E-state index is 0.0284. The number of anilines is 1. The van der Waals surface area contributed by atoms with Crippen LogP contribution in [0, 0.1) is 11.8 Å². The topological polar surface area (TPSA) is 72.5 Å². The highest BCUT2D eigenvalue weighted by molar-refractivity contribution is 6.51. The number of fused-ring (bicyclic) bond motifs is 1. The van der Waals surface area contributed by atoms with E-state index >= 15 is 0 Å². The fourth-order valence-corrected chi connectivity index (χ4v) is 1.70. The van der Waals surface area contributed by atoms with Gasteiger partial charge in [-0.2, -0.15) is 0 Å². The Kier molecular flexibility index (Phi) is 3.62. The zero-order valence-corrected chi connectivity index (χ0v) is 10.3. The van der Waals surface area contributed by atoms with Crippen molar-refractivity contribution < 1.29 is 19.1 Å². The molecule has 0 atom stereocenters. The molecule has 1 amide bonds. The minimum Gasteiger partial charge on any atom is -0.465 e. The first kappa shape index (κ1) is 12.8. The van der Waals surface area contributed by atoms with Crippen molar-refractivity contribution in [3.05, 3.63) is 29.3 Å². The third-order valence-electron chi connectivity index (χ3n) is 2.51. The molecular formula is C14H11NO4. The summed E-state index contributed by atoms with van der Waals surface area (Å²) in [5.74, 6) is 3.79. The van der Waals surface area contributed by atoms with Crippen molar-refractivity contribution in [1.29, 1.82) is 0 Å². The number of carbonyl (C=O) groups is 3. The molecule has 1 aromatic rings. The van der Waals surface area contributed by atoms with Gasteiger partial charge in [0.15, 0.2) is 0 Å². The number of benzene rings is 1. The highest BCUT2D eigenvalue weighted by Gasteiger charge is 2.29. The number of carbonyl (C=O) groups excluding carboxylic acids is 3. The third-order valence-corrected chi connectivity index (χ3v) is 2.51. The van der Waals surface area contributed by atoms with Gasteiger partial charge in [-0.25, -0.2) is 0 Å². The van der Waals surface area contributed by atoms with Crippen molar-refractivity contribution in [3.8, 4) is 11.8 Å². The molecule has 0 aliphatic carbocycles. The van der Waals surface area contributed by atoms with Crippen LogP contribution in [0.15, 0.2) is 18.2 Å². The Morgan fingerprint density at radius 1 is 1.37 bits per heavy atom. The van der Waals surface area contributed by atoms with Crippen LogP contribution in [0.5, 0.6) is 0 Å². The summed E-state index contributed by atoms with van der Waals surface area (Å²) in [7, 11) is 0. The average Bonchev–Trinajstić information content (AvgIpc) is 2.67. The summed E-state index contributed by atoms with van der Waals surface area (Å²) in [5, 5.41) is 2.47. The molecule has 1 aliphatic rings. The lowest BCUT2D eigenvalue weighted by Crippen LogP contribution is -2.12. The van der Waals surface area contributed by atoms with Gasteiger partial charge in [0, 0.05) is 5.56 Å². The highest BCUT2D eigenvalue weighted by atomic mass is 16.5. The van der Waals surface area contributed by atoms with Gasteiger partial charge in [-0.3, -0.25) is 14.4 Å². The quantitative estimate of drug-likeness (QED) is 0.489. The maximum Gasteiger partial charge on any atom is 0.317 e. The molecule has 5 nitrogen and oxygen atoms in total. The van der Waals surface area contributed by atoms with Crippen LogP contribution in [0.2, 0.25) is 0 Å². The van der Waals surface area contributed by atoms with Crippen LogP contribution in [-0.2, 0) is 14.3 Å². The number of esters is 1. The Bertz CT molecular complexity index is 622. The van der Waals surface area contributed by atoms with Gasteiger partial charge in [-0.15, -0.1) is 0 Å². The lowest BCUT2D eigenvalue weighted by Gasteiger charge is -1.99. The number of Topliss-reactive ketones (excluding diaryl/α,β-unsaturated/α-hetero) is 1. The normalized spacial score (nSPS) is 12.3. The van der Waals surface area contributed by atoms with E-state index in [-0.39, 0.29) is 6.42 Å². The highest BCUT2D eigenvalue weighted by Crippen LogP contribution is 2.26. The van der Waals surface area contributed by atoms with Gasteiger partial charge in [0.1, 0.15) is 6.42 Å². The van der Waals surface area contributed by atoms with Crippen molar-refractivity contribution in [2.24, 2.45) is 0 Å². The Balaban J connectivity index is 2.20. The van der Waals surface area contributed by atoms with Crippen molar-refractivity contribution in [3.63, 3.8) is 0 Å². The molecular weight excluding hydrogens is 246 g/mol. The second kappa shape index (κ2) is 5.36. The number of ether oxygens (including phenoxy) is 1. The van der Waals surface area contributed by atoms with Crippen molar-refractivity contribution in [2.45, 2.75) is 13.3 Å². The molecule has 96 valence electrons. The summed E-state index contributed by atoms with van der Waals surface area (Å²) in [6, 6.07) is 4.88. The van der Waals surface area contributed by atoms with E-state index < -0.39 is 17.7 Å². The molecule has 0 spiro atoms. The minimum atomic E-state index is -0.658. The van der Waals surface area contributed by atoms with Gasteiger partial charge in [0.25, 0.3) is 11.7 Å². The second-order valence-electron chi connectivity index (χ2n) is 3.79. The fourth-order valence-electron chi connectivity index (χ4n) is 1.70. The lowest BCUT2D eigenvalue weighted by atomic mass is 10.1. The van der Waals surface area contributed by atoms with E-state index in [0.717, 1.165) is 0 Å². The number of amides is 1. The smallest absolute Gasteiger partial charge is 0.317 e. The summed E-state index contributed by atoms with van der Waals surface area (Å²) >= 11 is 0. The standard InChI is InChI=1S/C14H11NO4/c1-2-19-11(16)8-4-6-9-5-3-7-10-12(9)15-14(18)13(10)17/h3,5,7H,2,8H2,1H3,(H,15,17,18). The van der Waals surface area contributed by atoms with E-state index in [1.807, 2.05) is 0 Å². The molecule has 1 heterocycles. The number of hydrogen-bond acceptors (Lipinski definition) is 4. The number of rotatable bonds is 2. The number of ketones is 1. The van der Waals surface area contributed by atoms with Gasteiger partial charge in [0.2, 0.25) is 0 Å². The lowest BCUT2D eigenvalue weighted by molar-refractivity contribution is -0.141. The maximum absolute atomic E-state index is 11.5. The molecule has 0 saturated heterocycles. The number of nitrogens with one attached hydrogen (secondary N) is 1. The number of para-hydroxylation sites is 1. The summed E-state index contributed by atoms with van der Waals surface area (Å²) < 4.78 is 4.74. The second-order valence-corrected chi connectivity index (χ2v) is 3.79. The molecule has 1 aliphatic heterocycles. The van der Waals surface area contributed by atoms with Gasteiger partial charge in [0.05, 0.1) is 17.9 Å². The average molecular weight is 257 g/mol. The zero-order valence-electron chi connectivity index (χ0n) is 10.3. The Hall–Kier alpha value is -2.61. The molecule has 0 bridgehead atoms. The summed E-state index contributed by atoms with van der Waals surface area (Å²) in [6.45, 7) is 2.03. The van der Waals surface area contributed by atoms with Gasteiger partial charge in [-0.05, 0) is 19.1 Å². The molecule has 1 aromatic carbocycles. The predicted molar refractivity (Wildman–Crippen MR) is 67.5 cm³/mol. The monoisotopic (exact) mass is 257 g/mol. The van der Waals surface area contributed by atoms with E-state index in [2.05, 4.69) is 17.2 Å². The molecule has 0 aromatic heterocycles. The maximum atomic E-state index is 11.5. The molecule has 0 unspecified atom stereocenters. The van der Waals surface area contributed by atoms with E-state index in [9.17, 15) is 14.4 Å². The van der Waals surface area contributed by atoms with Crippen molar-refractivity contribution >= 4 is 23.3 Å². The van der Waals surface area contributed by atoms with Crippen LogP contribution in [0.4, 0.5) is 5.69 Å². The Morgan fingerprint density at radius 2 is 2.16 bits per heavy atom. The SMILES string of the molecule is CCOC(=O)CC#Cc1cccc2c1NC(=O)C2=O. The summed E-state index contributed by atoms with van der Waals surface area (Å²) in [4.78, 5) is 33.9. The number of hydrogen-bond donors (Lipinski definition) is 1. The first-order valence-electron chi connectivity index (χ1n) is 5.76. The first-order valence-corrected chi connectivity index (χ1v) is 5.76. The van der Waals surface area contributed by atoms with Crippen LogP contribution >= 0.6 is 0 Å². The van der Waals surface area contributed by atoms with Crippen LogP contribution in [0.1, 0.15) is 29.3 Å². The van der Waals surface area contributed by atoms with Crippen LogP contribution in [0.25, 0.3) is 0 Å². The molecule has 19 heavy (non-hydrogen) atoms. The van der Waals surface area contributed by atoms with E-state index in [4.69, 9.17) is 4.74 Å². The van der Waals surface area contributed by atoms with Crippen molar-refractivity contribution in [1.82, 2.24) is 0 Å². The van der Waals surface area contributed by atoms with Gasteiger partial charge in [-0.1, -0.05) is 17.9 Å². The van der Waals surface area contributed by atoms with E-state index in [1.165, 1.54) is 0 Å². The summed E-state index contributed by atoms with van der Waals surface area (Å²) in [6.07, 6.45) is -0.0284. The van der Waals surface area contributed by atoms with Crippen LogP contribution < -0.4 is 5.32 Å². The van der Waals surface area contributed by atoms with Crippen LogP contribution in [0.3, 0.4) is 0 Å². The predicted octanol–water partition coefficient (Wildman–Crippen LogP) is 1.13. The first-order chi connectivity index (χ1) is 9.13.